The van der Waals surface area contributed by atoms with Crippen LogP contribution in [0.3, 0.4) is 0 Å². The summed E-state index contributed by atoms with van der Waals surface area (Å²) >= 11 is 0. The number of hydrogen-bond donors (Lipinski definition) is 3. The van der Waals surface area contributed by atoms with Crippen molar-refractivity contribution in [2.24, 2.45) is 22.4 Å². The van der Waals surface area contributed by atoms with Crippen molar-refractivity contribution in [3.8, 4) is 5.75 Å². The van der Waals surface area contributed by atoms with Crippen molar-refractivity contribution in [2.45, 2.75) is 135 Å². The minimum Gasteiger partial charge on any atom is -0.496 e. The predicted molar refractivity (Wildman–Crippen MR) is 197 cm³/mol. The molecule has 2 saturated carbocycles. The molecule has 0 unspecified atom stereocenters. The number of ketones is 1. The Kier molecular flexibility index (Phi) is 11.5. The molecule has 2 saturated heterocycles. The molecule has 4 fully saturated rings. The maximum atomic E-state index is 14.7. The van der Waals surface area contributed by atoms with Crippen molar-refractivity contribution in [2.75, 3.05) is 26.9 Å². The van der Waals surface area contributed by atoms with Crippen LogP contribution in [0.4, 0.5) is 0 Å². The molecule has 0 bridgehead atoms. The fourth-order valence-electron chi connectivity index (χ4n) is 8.17. The Balaban J connectivity index is 1.26. The summed E-state index contributed by atoms with van der Waals surface area (Å²) in [6.45, 7) is 10.9. The highest BCUT2D eigenvalue weighted by atomic mass is 16.7. The molecule has 5 aliphatic rings. The van der Waals surface area contributed by atoms with E-state index < -0.39 is 52.6 Å². The first-order chi connectivity index (χ1) is 25.2. The van der Waals surface area contributed by atoms with Gasteiger partial charge in [0, 0.05) is 44.1 Å². The second-order valence-electron chi connectivity index (χ2n) is 17.2. The van der Waals surface area contributed by atoms with Crippen molar-refractivity contribution in [3.05, 3.63) is 28.8 Å². The fourth-order valence-corrected chi connectivity index (χ4v) is 8.17. The van der Waals surface area contributed by atoms with Crippen LogP contribution in [-0.4, -0.2) is 96.7 Å². The Morgan fingerprint density at radius 1 is 0.981 bits per heavy atom. The van der Waals surface area contributed by atoms with Crippen LogP contribution in [-0.2, 0) is 33.5 Å². The summed E-state index contributed by atoms with van der Waals surface area (Å²) in [4.78, 5) is 76.8. The summed E-state index contributed by atoms with van der Waals surface area (Å²) < 4.78 is 11.0. The Hall–Kier alpha value is -4.00. The Labute approximate surface area is 312 Å². The first kappa shape index (κ1) is 38.7. The molecule has 6 rings (SSSR count). The van der Waals surface area contributed by atoms with Crippen LogP contribution < -0.4 is 20.7 Å². The molecule has 1 spiro atoms. The zero-order chi connectivity index (χ0) is 38.1. The van der Waals surface area contributed by atoms with E-state index >= 15 is 0 Å². The second-order valence-corrected chi connectivity index (χ2v) is 17.2. The van der Waals surface area contributed by atoms with Gasteiger partial charge in [0.1, 0.15) is 17.8 Å². The summed E-state index contributed by atoms with van der Waals surface area (Å²) in [6, 6.07) is 0.989. The Bertz CT molecular complexity index is 1600. The smallest absolute Gasteiger partial charge is 0.289 e. The summed E-state index contributed by atoms with van der Waals surface area (Å²) in [6.07, 6.45) is 7.25. The highest BCUT2D eigenvalue weighted by molar-refractivity contribution is 6.38. The largest absolute Gasteiger partial charge is 0.496 e. The Morgan fingerprint density at radius 3 is 2.25 bits per heavy atom. The van der Waals surface area contributed by atoms with Gasteiger partial charge in [-0.25, -0.2) is 0 Å². The normalized spacial score (nSPS) is 24.5. The van der Waals surface area contributed by atoms with Crippen molar-refractivity contribution in [3.63, 3.8) is 0 Å². The molecule has 2 aliphatic carbocycles. The van der Waals surface area contributed by atoms with Crippen LogP contribution in [0.2, 0.25) is 0 Å². The number of nitrogens with one attached hydrogen (secondary N) is 3. The Morgan fingerprint density at radius 2 is 1.66 bits per heavy atom. The van der Waals surface area contributed by atoms with Gasteiger partial charge in [0.25, 0.3) is 5.91 Å². The molecule has 4 atom stereocenters. The quantitative estimate of drug-likeness (QED) is 0.259. The van der Waals surface area contributed by atoms with Gasteiger partial charge in [-0.05, 0) is 86.5 Å². The molecule has 1 aromatic carbocycles. The number of nitrogens with zero attached hydrogens (tertiary/aromatic N) is 2. The average molecular weight is 736 g/mol. The zero-order valence-electron chi connectivity index (χ0n) is 32.2. The van der Waals surface area contributed by atoms with Crippen LogP contribution in [0.5, 0.6) is 5.75 Å². The van der Waals surface area contributed by atoms with Crippen LogP contribution >= 0.6 is 0 Å². The summed E-state index contributed by atoms with van der Waals surface area (Å²) in [5.41, 5.74) is 1.75. The molecule has 0 aromatic heterocycles. The van der Waals surface area contributed by atoms with Crippen LogP contribution in [0, 0.1) is 31.1 Å². The lowest BCUT2D eigenvalue weighted by molar-refractivity contribution is -0.145. The van der Waals surface area contributed by atoms with E-state index in [-0.39, 0.29) is 43.2 Å². The second kappa shape index (κ2) is 15.8. The van der Waals surface area contributed by atoms with E-state index in [0.717, 1.165) is 67.4 Å². The number of benzene rings is 1. The minimum absolute atomic E-state index is 0.00251. The van der Waals surface area contributed by atoms with Gasteiger partial charge in [0.15, 0.2) is 5.60 Å². The molecule has 1 aromatic rings. The molecule has 53 heavy (non-hydrogen) atoms. The number of Topliss-reactive ketones (excluding diaryl/α,β-unsaturated/α-hetero) is 1. The van der Waals surface area contributed by atoms with E-state index in [1.54, 1.807) is 7.11 Å². The van der Waals surface area contributed by atoms with E-state index in [1.807, 2.05) is 46.8 Å². The number of oxime groups is 1. The topological polar surface area (TPSA) is 165 Å². The molecule has 3 aliphatic heterocycles. The number of rotatable bonds is 13. The number of aryl methyl sites for hydroxylation is 2. The molecule has 290 valence electrons. The molecular weight excluding hydrogens is 678 g/mol. The fraction of sp³-hybridized carbons (Fsp3) is 0.700. The predicted octanol–water partition coefficient (Wildman–Crippen LogP) is 3.65. The van der Waals surface area contributed by atoms with Gasteiger partial charge in [0.05, 0.1) is 25.4 Å². The average Bonchev–Trinajstić information content (AvgIpc) is 3.68. The maximum Gasteiger partial charge on any atom is 0.289 e. The standard InChI is InChI=1S/C40H57N5O8/c1-23-16-27(17-24(2)34(23)51-6)30-20-40(53-44-30)21-31(36(48)42-29(18-25-8-7-9-25)33(47)37(49)41-28-10-11-28)45(22-40)38(50)35(39(3,4)5)43-32(46)19-26-12-14-52-15-13-26/h16-17,25-26,28-29,31,35H,7-15,18-22H2,1-6H3,(H,41,49)(H,42,48)(H,43,46)/t29-,31-,35+,40+/m0/s1. The van der Waals surface area contributed by atoms with Crippen molar-refractivity contribution >= 4 is 35.1 Å². The van der Waals surface area contributed by atoms with Crippen LogP contribution in [0.15, 0.2) is 17.3 Å². The first-order valence-corrected chi connectivity index (χ1v) is 19.4. The number of ether oxygens (including phenoxy) is 2. The van der Waals surface area contributed by atoms with Crippen molar-refractivity contribution in [1.82, 2.24) is 20.9 Å². The molecule has 13 nitrogen and oxygen atoms in total. The number of likely N-dealkylation sites (tertiary alicyclic amines) is 1. The number of methoxy groups -OCH3 is 1. The van der Waals surface area contributed by atoms with E-state index in [0.29, 0.717) is 31.8 Å². The minimum atomic E-state index is -1.03. The SMILES string of the molecule is COc1c(C)cc(C2=NO[C@]3(C2)C[C@@H](C(=O)N[C@@H](CC2CCC2)C(=O)C(=O)NC2CC2)N(C(=O)[C@@H](NC(=O)CC2CCOCC2)C(C)(C)C)C3)cc1C. The van der Waals surface area contributed by atoms with Gasteiger partial charge in [-0.15, -0.1) is 0 Å². The van der Waals surface area contributed by atoms with Gasteiger partial charge >= 0.3 is 0 Å². The van der Waals surface area contributed by atoms with E-state index in [1.165, 1.54) is 4.90 Å². The lowest BCUT2D eigenvalue weighted by atomic mass is 9.80. The lowest BCUT2D eigenvalue weighted by Crippen LogP contribution is -2.59. The number of carbonyl (C=O) groups is 5. The van der Waals surface area contributed by atoms with Crippen molar-refractivity contribution in [1.29, 1.82) is 0 Å². The van der Waals surface area contributed by atoms with Gasteiger partial charge < -0.3 is 35.2 Å². The number of hydrogen-bond acceptors (Lipinski definition) is 9. The maximum absolute atomic E-state index is 14.7. The van der Waals surface area contributed by atoms with Crippen LogP contribution in [0.1, 0.15) is 108 Å². The van der Waals surface area contributed by atoms with Crippen LogP contribution in [0.25, 0.3) is 0 Å². The molecule has 3 heterocycles. The van der Waals surface area contributed by atoms with Gasteiger partial charge in [-0.2, -0.15) is 0 Å². The van der Waals surface area contributed by atoms with Gasteiger partial charge in [-0.1, -0.05) is 45.2 Å². The van der Waals surface area contributed by atoms with Crippen molar-refractivity contribution < 1.29 is 38.3 Å². The number of amides is 4. The van der Waals surface area contributed by atoms with E-state index in [2.05, 4.69) is 21.1 Å². The first-order valence-electron chi connectivity index (χ1n) is 19.4. The van der Waals surface area contributed by atoms with E-state index in [9.17, 15) is 24.0 Å². The highest BCUT2D eigenvalue weighted by Crippen LogP contribution is 2.41. The third kappa shape index (κ3) is 9.04. The van der Waals surface area contributed by atoms with Gasteiger partial charge in [0.2, 0.25) is 23.5 Å². The summed E-state index contributed by atoms with van der Waals surface area (Å²) in [5, 5.41) is 13.2. The third-order valence-corrected chi connectivity index (χ3v) is 11.6. The molecule has 3 N–H and O–H groups in total. The zero-order valence-corrected chi connectivity index (χ0v) is 32.2. The van der Waals surface area contributed by atoms with Gasteiger partial charge in [-0.3, -0.25) is 24.0 Å². The number of carbonyl (C=O) groups excluding carboxylic acids is 5. The monoisotopic (exact) mass is 735 g/mol. The molecule has 0 radical (unpaired) electrons. The summed E-state index contributed by atoms with van der Waals surface area (Å²) in [7, 11) is 1.64. The molecule has 13 heteroatoms. The molecular formula is C40H57N5O8. The molecule has 4 amide bonds. The van der Waals surface area contributed by atoms with E-state index in [4.69, 9.17) is 14.3 Å². The third-order valence-electron chi connectivity index (χ3n) is 11.6. The summed E-state index contributed by atoms with van der Waals surface area (Å²) in [5.74, 6) is -1.31. The highest BCUT2D eigenvalue weighted by Gasteiger charge is 2.56. The lowest BCUT2D eigenvalue weighted by Gasteiger charge is -2.36.